The quantitative estimate of drug-likeness (QED) is 0.775. The van der Waals surface area contributed by atoms with E-state index in [1.54, 1.807) is 7.11 Å². The van der Waals surface area contributed by atoms with E-state index in [9.17, 15) is 13.2 Å². The molecular formula is C14H17N3O4S2. The van der Waals surface area contributed by atoms with E-state index in [0.29, 0.717) is 11.6 Å². The minimum atomic E-state index is -2.98. The number of aromatic amines is 1. The zero-order chi connectivity index (χ0) is 16.4. The van der Waals surface area contributed by atoms with Gasteiger partial charge in [-0.1, -0.05) is 11.8 Å². The lowest BCUT2D eigenvalue weighted by Crippen LogP contribution is -2.36. The van der Waals surface area contributed by atoms with E-state index in [4.69, 9.17) is 4.74 Å². The van der Waals surface area contributed by atoms with Crippen molar-refractivity contribution in [1.82, 2.24) is 15.3 Å². The Labute approximate surface area is 138 Å². The number of carbonyl (C=O) groups is 1. The van der Waals surface area contributed by atoms with Crippen molar-refractivity contribution in [1.29, 1.82) is 0 Å². The van der Waals surface area contributed by atoms with Gasteiger partial charge in [-0.3, -0.25) is 4.79 Å². The predicted molar refractivity (Wildman–Crippen MR) is 88.6 cm³/mol. The fourth-order valence-corrected chi connectivity index (χ4v) is 4.84. The van der Waals surface area contributed by atoms with Crippen molar-refractivity contribution < 1.29 is 17.9 Å². The first-order valence-corrected chi connectivity index (χ1v) is 9.92. The summed E-state index contributed by atoms with van der Waals surface area (Å²) in [6, 6.07) is 5.24. The van der Waals surface area contributed by atoms with E-state index in [2.05, 4.69) is 15.3 Å². The minimum Gasteiger partial charge on any atom is -0.497 e. The number of rotatable bonds is 5. The fraction of sp³-hybridized carbons (Fsp3) is 0.429. The van der Waals surface area contributed by atoms with Crippen molar-refractivity contribution in [3.05, 3.63) is 18.2 Å². The van der Waals surface area contributed by atoms with E-state index < -0.39 is 9.84 Å². The predicted octanol–water partition coefficient (Wildman–Crippen LogP) is 0.967. The molecule has 1 saturated heterocycles. The zero-order valence-corrected chi connectivity index (χ0v) is 14.2. The van der Waals surface area contributed by atoms with Crippen molar-refractivity contribution in [2.24, 2.45) is 0 Å². The molecule has 7 nitrogen and oxygen atoms in total. The number of H-pyrrole nitrogens is 1. The molecule has 1 fully saturated rings. The molecule has 23 heavy (non-hydrogen) atoms. The van der Waals surface area contributed by atoms with Crippen LogP contribution in [0.25, 0.3) is 11.0 Å². The second-order valence-electron chi connectivity index (χ2n) is 5.38. The van der Waals surface area contributed by atoms with Gasteiger partial charge in [0.2, 0.25) is 5.91 Å². The average Bonchev–Trinajstić information content (AvgIpc) is 3.06. The van der Waals surface area contributed by atoms with Crippen LogP contribution in [-0.2, 0) is 14.6 Å². The molecule has 1 atom stereocenters. The summed E-state index contributed by atoms with van der Waals surface area (Å²) in [4.78, 5) is 19.4. The van der Waals surface area contributed by atoms with Crippen molar-refractivity contribution in [2.75, 3.05) is 24.4 Å². The number of imidazole rings is 1. The number of hydrogen-bond acceptors (Lipinski definition) is 6. The Kier molecular flexibility index (Phi) is 4.49. The number of amides is 1. The number of sulfone groups is 1. The summed E-state index contributed by atoms with van der Waals surface area (Å²) in [5, 5.41) is 3.40. The first-order chi connectivity index (χ1) is 10.9. The van der Waals surface area contributed by atoms with E-state index in [-0.39, 0.29) is 29.2 Å². The van der Waals surface area contributed by atoms with Crippen LogP contribution in [0, 0.1) is 0 Å². The van der Waals surface area contributed by atoms with Crippen LogP contribution >= 0.6 is 11.8 Å². The molecule has 1 amide bonds. The number of thioether (sulfide) groups is 1. The highest BCUT2D eigenvalue weighted by Gasteiger charge is 2.28. The lowest BCUT2D eigenvalue weighted by Gasteiger charge is -2.09. The zero-order valence-electron chi connectivity index (χ0n) is 12.5. The number of fused-ring (bicyclic) bond motifs is 1. The lowest BCUT2D eigenvalue weighted by molar-refractivity contribution is -0.119. The summed E-state index contributed by atoms with van der Waals surface area (Å²) in [6.07, 6.45) is 0.489. The van der Waals surface area contributed by atoms with Gasteiger partial charge in [0.25, 0.3) is 0 Å². The van der Waals surface area contributed by atoms with Crippen LogP contribution < -0.4 is 10.1 Å². The normalized spacial score (nSPS) is 19.8. The molecule has 0 saturated carbocycles. The third kappa shape index (κ3) is 3.97. The molecule has 1 aliphatic heterocycles. The molecule has 2 heterocycles. The number of nitrogens with zero attached hydrogens (tertiary/aromatic N) is 1. The highest BCUT2D eigenvalue weighted by molar-refractivity contribution is 7.99. The van der Waals surface area contributed by atoms with Crippen molar-refractivity contribution in [3.63, 3.8) is 0 Å². The number of nitrogens with one attached hydrogen (secondary N) is 2. The Morgan fingerprint density at radius 1 is 1.52 bits per heavy atom. The molecule has 2 N–H and O–H groups in total. The highest BCUT2D eigenvalue weighted by Crippen LogP contribution is 2.23. The van der Waals surface area contributed by atoms with Crippen LogP contribution in [0.2, 0.25) is 0 Å². The molecule has 0 spiro atoms. The van der Waals surface area contributed by atoms with Crippen LogP contribution in [0.1, 0.15) is 6.42 Å². The molecule has 9 heteroatoms. The van der Waals surface area contributed by atoms with Gasteiger partial charge in [0.05, 0.1) is 35.4 Å². The van der Waals surface area contributed by atoms with Crippen LogP contribution in [-0.4, -0.2) is 54.7 Å². The molecular weight excluding hydrogens is 338 g/mol. The van der Waals surface area contributed by atoms with Gasteiger partial charge < -0.3 is 15.0 Å². The Morgan fingerprint density at radius 2 is 2.35 bits per heavy atom. The van der Waals surface area contributed by atoms with E-state index >= 15 is 0 Å². The average molecular weight is 355 g/mol. The van der Waals surface area contributed by atoms with Crippen molar-refractivity contribution in [2.45, 2.75) is 17.6 Å². The van der Waals surface area contributed by atoms with Gasteiger partial charge in [-0.2, -0.15) is 0 Å². The van der Waals surface area contributed by atoms with Gasteiger partial charge >= 0.3 is 0 Å². The van der Waals surface area contributed by atoms with Gasteiger partial charge in [-0.05, 0) is 18.6 Å². The van der Waals surface area contributed by atoms with Crippen LogP contribution in [0.15, 0.2) is 23.4 Å². The second-order valence-corrected chi connectivity index (χ2v) is 8.57. The Balaban J connectivity index is 1.56. The molecule has 0 bridgehead atoms. The molecule has 1 aliphatic rings. The summed E-state index contributed by atoms with van der Waals surface area (Å²) in [5.74, 6) is 0.922. The van der Waals surface area contributed by atoms with Gasteiger partial charge in [-0.25, -0.2) is 13.4 Å². The molecule has 1 aromatic carbocycles. The Bertz CT molecular complexity index is 832. The molecule has 2 aromatic rings. The van der Waals surface area contributed by atoms with Crippen LogP contribution in [0.4, 0.5) is 0 Å². The van der Waals surface area contributed by atoms with Gasteiger partial charge in [0.1, 0.15) is 5.75 Å². The van der Waals surface area contributed by atoms with Gasteiger partial charge in [0, 0.05) is 12.1 Å². The first-order valence-electron chi connectivity index (χ1n) is 7.11. The number of benzene rings is 1. The number of ether oxygens (including phenoxy) is 1. The molecule has 0 aliphatic carbocycles. The topological polar surface area (TPSA) is 101 Å². The molecule has 0 unspecified atom stereocenters. The smallest absolute Gasteiger partial charge is 0.230 e. The molecule has 0 radical (unpaired) electrons. The third-order valence-electron chi connectivity index (χ3n) is 3.60. The highest BCUT2D eigenvalue weighted by atomic mass is 32.2. The van der Waals surface area contributed by atoms with Gasteiger partial charge in [-0.15, -0.1) is 0 Å². The minimum absolute atomic E-state index is 0.0356. The fourth-order valence-electron chi connectivity index (χ4n) is 2.47. The first kappa shape index (κ1) is 16.1. The van der Waals surface area contributed by atoms with E-state index in [0.717, 1.165) is 16.8 Å². The van der Waals surface area contributed by atoms with Crippen molar-refractivity contribution >= 4 is 38.5 Å². The molecule has 3 rings (SSSR count). The number of aromatic nitrogens is 2. The van der Waals surface area contributed by atoms with E-state index in [1.165, 1.54) is 11.8 Å². The number of carbonyl (C=O) groups excluding carboxylic acids is 1. The molecule has 124 valence electrons. The summed E-state index contributed by atoms with van der Waals surface area (Å²) in [7, 11) is -1.39. The second kappa shape index (κ2) is 6.40. The third-order valence-corrected chi connectivity index (χ3v) is 6.25. The van der Waals surface area contributed by atoms with Gasteiger partial charge in [0.15, 0.2) is 15.0 Å². The maximum Gasteiger partial charge on any atom is 0.230 e. The van der Waals surface area contributed by atoms with E-state index in [1.807, 2.05) is 18.2 Å². The largest absolute Gasteiger partial charge is 0.497 e. The summed E-state index contributed by atoms with van der Waals surface area (Å²) in [5.41, 5.74) is 1.64. The lowest BCUT2D eigenvalue weighted by atomic mass is 10.3. The molecule has 1 aromatic heterocycles. The summed E-state index contributed by atoms with van der Waals surface area (Å²) < 4.78 is 27.9. The number of methoxy groups -OCH3 is 1. The maximum atomic E-state index is 11.9. The SMILES string of the molecule is COc1ccc2nc(SCC(=O)N[C@H]3CCS(=O)(=O)C3)[nH]c2c1. The standard InChI is InChI=1S/C14H17N3O4S2/c1-21-10-2-3-11-12(6-10)17-14(16-11)22-7-13(18)15-9-4-5-23(19,20)8-9/h2-3,6,9H,4-5,7-8H2,1H3,(H,15,18)(H,16,17)/t9-/m0/s1. The Hall–Kier alpha value is -1.74. The maximum absolute atomic E-state index is 11.9. The number of hydrogen-bond donors (Lipinski definition) is 2. The van der Waals surface area contributed by atoms with Crippen molar-refractivity contribution in [3.8, 4) is 5.75 Å². The summed E-state index contributed by atoms with van der Waals surface area (Å²) in [6.45, 7) is 0. The summed E-state index contributed by atoms with van der Waals surface area (Å²) >= 11 is 1.28. The van der Waals surface area contributed by atoms with Crippen LogP contribution in [0.5, 0.6) is 5.75 Å². The van der Waals surface area contributed by atoms with Crippen LogP contribution in [0.3, 0.4) is 0 Å². The Morgan fingerprint density at radius 3 is 3.04 bits per heavy atom. The monoisotopic (exact) mass is 355 g/mol.